The van der Waals surface area contributed by atoms with Gasteiger partial charge in [0.25, 0.3) is 5.91 Å². The topological polar surface area (TPSA) is 121 Å². The van der Waals surface area contributed by atoms with E-state index in [1.165, 1.54) is 24.5 Å². The summed E-state index contributed by atoms with van der Waals surface area (Å²) in [5, 5.41) is 10.1. The molecule has 0 spiro atoms. The number of imidazole rings is 1. The van der Waals surface area contributed by atoms with Gasteiger partial charge in [-0.15, -0.1) is 0 Å². The quantitative estimate of drug-likeness (QED) is 0.452. The number of hydrogen-bond donors (Lipinski definition) is 4. The Morgan fingerprint density at radius 2 is 2.19 bits per heavy atom. The molecule has 2 aromatic heterocycles. The molecule has 3 aromatic rings. The van der Waals surface area contributed by atoms with Gasteiger partial charge < -0.3 is 21.4 Å². The summed E-state index contributed by atoms with van der Waals surface area (Å²) in [4.78, 5) is 24.7. The molecule has 1 aromatic carbocycles. The van der Waals surface area contributed by atoms with Gasteiger partial charge in [-0.05, 0) is 54.7 Å². The third-order valence-electron chi connectivity index (χ3n) is 5.47. The van der Waals surface area contributed by atoms with Crippen LogP contribution in [0.4, 0.5) is 8.78 Å². The summed E-state index contributed by atoms with van der Waals surface area (Å²) in [5.74, 6) is -0.281. The maximum atomic E-state index is 14.0. The maximum absolute atomic E-state index is 14.0. The minimum Gasteiger partial charge on any atom is -0.404 e. The van der Waals surface area contributed by atoms with E-state index in [-0.39, 0.29) is 18.2 Å². The number of amides is 1. The Morgan fingerprint density at radius 1 is 1.35 bits per heavy atom. The number of halogens is 2. The van der Waals surface area contributed by atoms with Gasteiger partial charge in [0.05, 0.1) is 5.52 Å². The van der Waals surface area contributed by atoms with Crippen molar-refractivity contribution in [3.8, 4) is 0 Å². The van der Waals surface area contributed by atoms with Crippen LogP contribution in [0.15, 0.2) is 36.7 Å². The van der Waals surface area contributed by atoms with Crippen molar-refractivity contribution in [3.05, 3.63) is 65.1 Å². The van der Waals surface area contributed by atoms with Gasteiger partial charge in [-0.2, -0.15) is 0 Å². The number of alkyl halides is 1. The number of fused-ring (bicyclic) bond motifs is 1. The number of nitrogens with zero attached hydrogens (tertiary/aromatic N) is 2. The second kappa shape index (κ2) is 8.63. The van der Waals surface area contributed by atoms with Gasteiger partial charge in [-0.1, -0.05) is 0 Å². The number of carbonyl (C=O) groups is 1. The fraction of sp³-hybridized carbons (Fsp3) is 0.273. The van der Waals surface area contributed by atoms with Crippen LogP contribution >= 0.6 is 0 Å². The number of aromatic nitrogens is 3. The third-order valence-corrected chi connectivity index (χ3v) is 5.47. The van der Waals surface area contributed by atoms with E-state index in [4.69, 9.17) is 11.1 Å². The first-order valence-corrected chi connectivity index (χ1v) is 9.97. The van der Waals surface area contributed by atoms with Crippen LogP contribution in [0.25, 0.3) is 16.6 Å². The van der Waals surface area contributed by atoms with Gasteiger partial charge in [0.1, 0.15) is 23.3 Å². The molecule has 5 N–H and O–H groups in total. The van der Waals surface area contributed by atoms with Crippen LogP contribution in [0.2, 0.25) is 0 Å². The SMILES string of the molecule is N=CC(=CN)c1cc(F)cc(CNC(=O)c2nccc3[nH]c(C4CCC(F)C4)nc23)c1. The van der Waals surface area contributed by atoms with Gasteiger partial charge in [-0.25, -0.2) is 18.7 Å². The van der Waals surface area contributed by atoms with Gasteiger partial charge in [0.2, 0.25) is 0 Å². The van der Waals surface area contributed by atoms with E-state index in [0.717, 1.165) is 6.21 Å². The smallest absolute Gasteiger partial charge is 0.272 e. The zero-order valence-electron chi connectivity index (χ0n) is 16.7. The largest absolute Gasteiger partial charge is 0.404 e. The van der Waals surface area contributed by atoms with Crippen molar-refractivity contribution in [2.24, 2.45) is 5.73 Å². The highest BCUT2D eigenvalue weighted by Crippen LogP contribution is 2.35. The average molecular weight is 424 g/mol. The lowest BCUT2D eigenvalue weighted by molar-refractivity contribution is 0.0947. The van der Waals surface area contributed by atoms with Gasteiger partial charge >= 0.3 is 0 Å². The van der Waals surface area contributed by atoms with Crippen molar-refractivity contribution >= 4 is 28.7 Å². The molecule has 2 atom stereocenters. The summed E-state index contributed by atoms with van der Waals surface area (Å²) in [6.45, 7) is 0.0565. The second-order valence-corrected chi connectivity index (χ2v) is 7.58. The molecule has 1 fully saturated rings. The van der Waals surface area contributed by atoms with Gasteiger partial charge in [0.15, 0.2) is 5.69 Å². The highest BCUT2D eigenvalue weighted by molar-refractivity contribution is 6.08. The summed E-state index contributed by atoms with van der Waals surface area (Å²) in [6.07, 6.45) is 4.60. The number of pyridine rings is 1. The normalized spacial score (nSPS) is 19.0. The molecule has 9 heteroatoms. The molecule has 31 heavy (non-hydrogen) atoms. The van der Waals surface area contributed by atoms with Crippen LogP contribution in [-0.4, -0.2) is 33.2 Å². The number of allylic oxidation sites excluding steroid dienone is 1. The Morgan fingerprint density at radius 3 is 2.90 bits per heavy atom. The monoisotopic (exact) mass is 424 g/mol. The number of H-pyrrole nitrogens is 1. The second-order valence-electron chi connectivity index (χ2n) is 7.58. The molecule has 1 saturated carbocycles. The Kier molecular flexibility index (Phi) is 5.75. The molecule has 7 nitrogen and oxygen atoms in total. The predicted molar refractivity (Wildman–Crippen MR) is 114 cm³/mol. The van der Waals surface area contributed by atoms with E-state index < -0.39 is 17.9 Å². The Balaban J connectivity index is 1.54. The van der Waals surface area contributed by atoms with E-state index in [0.29, 0.717) is 52.8 Å². The molecule has 160 valence electrons. The average Bonchev–Trinajstić information content (AvgIpc) is 3.38. The zero-order chi connectivity index (χ0) is 22.0. The number of nitrogens with two attached hydrogens (primary N) is 1. The van der Waals surface area contributed by atoms with Crippen molar-refractivity contribution in [1.82, 2.24) is 20.3 Å². The Hall–Kier alpha value is -3.62. The maximum Gasteiger partial charge on any atom is 0.272 e. The Bertz CT molecular complexity index is 1170. The standard InChI is InChI=1S/C22H22F2N6O/c23-16-2-1-13(7-16)21-29-18-3-4-27-20(19(18)30-21)22(31)28-11-12-5-14(8-17(24)6-12)15(9-25)10-26/h3-6,8-10,13,16,25H,1-2,7,11,26H2,(H,28,31)(H,29,30). The molecule has 1 aliphatic carbocycles. The molecule has 2 unspecified atom stereocenters. The lowest BCUT2D eigenvalue weighted by Crippen LogP contribution is -2.24. The minimum absolute atomic E-state index is 0.00246. The number of aromatic amines is 1. The molecule has 1 amide bonds. The van der Waals surface area contributed by atoms with Gasteiger partial charge in [-0.3, -0.25) is 4.79 Å². The van der Waals surface area contributed by atoms with E-state index in [9.17, 15) is 13.6 Å². The first-order chi connectivity index (χ1) is 15.0. The molecule has 1 aliphatic rings. The first-order valence-electron chi connectivity index (χ1n) is 9.97. The summed E-state index contributed by atoms with van der Waals surface area (Å²) >= 11 is 0. The van der Waals surface area contributed by atoms with Crippen LogP contribution in [0.3, 0.4) is 0 Å². The predicted octanol–water partition coefficient (Wildman–Crippen LogP) is 3.58. The summed E-state index contributed by atoms with van der Waals surface area (Å²) in [7, 11) is 0. The van der Waals surface area contributed by atoms with Crippen molar-refractivity contribution in [2.75, 3.05) is 0 Å². The molecule has 2 heterocycles. The van der Waals surface area contributed by atoms with E-state index in [2.05, 4.69) is 20.3 Å². The number of carbonyl (C=O) groups excluding carboxylic acids is 1. The Labute approximate surface area is 177 Å². The molecule has 4 rings (SSSR count). The van der Waals surface area contributed by atoms with Crippen LogP contribution in [-0.2, 0) is 6.54 Å². The molecule has 0 aliphatic heterocycles. The molecular weight excluding hydrogens is 402 g/mol. The summed E-state index contributed by atoms with van der Waals surface area (Å²) in [6, 6.07) is 5.95. The van der Waals surface area contributed by atoms with Crippen molar-refractivity contribution in [3.63, 3.8) is 0 Å². The first kappa shape index (κ1) is 20.6. The molecule has 0 saturated heterocycles. The zero-order valence-corrected chi connectivity index (χ0v) is 16.7. The van der Waals surface area contributed by atoms with E-state index in [1.807, 2.05) is 0 Å². The minimum atomic E-state index is -0.822. The van der Waals surface area contributed by atoms with E-state index >= 15 is 0 Å². The number of nitrogens with one attached hydrogen (secondary N) is 3. The fourth-order valence-corrected chi connectivity index (χ4v) is 3.90. The van der Waals surface area contributed by atoms with Crippen molar-refractivity contribution in [2.45, 2.75) is 37.9 Å². The van der Waals surface area contributed by atoms with Crippen LogP contribution in [0.5, 0.6) is 0 Å². The van der Waals surface area contributed by atoms with Crippen molar-refractivity contribution < 1.29 is 13.6 Å². The highest BCUT2D eigenvalue weighted by Gasteiger charge is 2.28. The van der Waals surface area contributed by atoms with E-state index in [1.54, 1.807) is 12.1 Å². The molecule has 0 bridgehead atoms. The van der Waals surface area contributed by atoms with Gasteiger partial charge in [0, 0.05) is 36.6 Å². The summed E-state index contributed by atoms with van der Waals surface area (Å²) in [5.41, 5.74) is 8.04. The van der Waals surface area contributed by atoms with Crippen LogP contribution in [0, 0.1) is 11.2 Å². The number of benzene rings is 1. The highest BCUT2D eigenvalue weighted by atomic mass is 19.1. The fourth-order valence-electron chi connectivity index (χ4n) is 3.90. The number of hydrogen-bond acceptors (Lipinski definition) is 5. The lowest BCUT2D eigenvalue weighted by Gasteiger charge is -2.08. The number of rotatable bonds is 6. The third kappa shape index (κ3) is 4.30. The lowest BCUT2D eigenvalue weighted by atomic mass is 10.0. The summed E-state index contributed by atoms with van der Waals surface area (Å²) < 4.78 is 27.6. The molecule has 0 radical (unpaired) electrons. The van der Waals surface area contributed by atoms with Crippen LogP contribution in [0.1, 0.15) is 52.6 Å². The van der Waals surface area contributed by atoms with Crippen LogP contribution < -0.4 is 11.1 Å². The van der Waals surface area contributed by atoms with Crippen molar-refractivity contribution in [1.29, 1.82) is 5.41 Å². The molecular formula is C22H22F2N6O.